The summed E-state index contributed by atoms with van der Waals surface area (Å²) in [7, 11) is 0. The molecule has 1 aromatic carbocycles. The molecule has 0 fully saturated rings. The number of aromatic nitrogens is 1. The van der Waals surface area contributed by atoms with E-state index >= 15 is 0 Å². The van der Waals surface area contributed by atoms with Crippen molar-refractivity contribution in [3.63, 3.8) is 0 Å². The first-order valence-electron chi connectivity index (χ1n) is 6.32. The van der Waals surface area contributed by atoms with Gasteiger partial charge >= 0.3 is 0 Å². The van der Waals surface area contributed by atoms with Gasteiger partial charge in [-0.05, 0) is 26.0 Å². The number of fused-ring (bicyclic) bond motifs is 1. The first-order chi connectivity index (χ1) is 9.99. The number of aryl methyl sites for hydroxylation is 1. The number of carbonyl (C=O) groups is 2. The summed E-state index contributed by atoms with van der Waals surface area (Å²) in [6.45, 7) is 3.27. The van der Waals surface area contributed by atoms with Gasteiger partial charge in [-0.3, -0.25) is 14.9 Å². The van der Waals surface area contributed by atoms with E-state index in [0.29, 0.717) is 16.6 Å². The van der Waals surface area contributed by atoms with Crippen molar-refractivity contribution in [1.82, 2.24) is 4.98 Å². The van der Waals surface area contributed by atoms with E-state index in [1.165, 1.54) is 18.3 Å². The lowest BCUT2D eigenvalue weighted by atomic mass is 10.0. The Hall–Kier alpha value is -2.41. The number of rotatable bonds is 2. The second-order valence-electron chi connectivity index (χ2n) is 4.83. The minimum Gasteiger partial charge on any atom is -0.466 e. The van der Waals surface area contributed by atoms with Crippen molar-refractivity contribution in [3.8, 4) is 5.75 Å². The molecule has 2 aromatic rings. The lowest BCUT2D eigenvalue weighted by molar-refractivity contribution is -0.143. The molecule has 1 atom stereocenters. The smallest absolute Gasteiger partial charge is 0.280 e. The summed E-state index contributed by atoms with van der Waals surface area (Å²) in [5.74, 6) is -0.596. The van der Waals surface area contributed by atoms with Crippen molar-refractivity contribution in [3.05, 3.63) is 35.3 Å². The number of carbonyl (C=O) groups excluding carboxylic acids is 2. The van der Waals surface area contributed by atoms with E-state index in [9.17, 15) is 9.59 Å². The van der Waals surface area contributed by atoms with E-state index in [4.69, 9.17) is 4.74 Å². The lowest BCUT2D eigenvalue weighted by Gasteiger charge is -2.32. The molecule has 0 aliphatic carbocycles. The van der Waals surface area contributed by atoms with Crippen LogP contribution in [-0.2, 0) is 9.59 Å². The Kier molecular flexibility index (Phi) is 3.13. The molecule has 0 saturated heterocycles. The van der Waals surface area contributed by atoms with Crippen LogP contribution in [0.1, 0.15) is 12.6 Å². The minimum atomic E-state index is -1.63. The number of para-hydroxylation sites is 2. The van der Waals surface area contributed by atoms with E-state index in [1.54, 1.807) is 24.3 Å². The molecule has 1 aliphatic heterocycles. The number of nitrogens with one attached hydrogen (secondary N) is 2. The van der Waals surface area contributed by atoms with Crippen LogP contribution >= 0.6 is 11.3 Å². The number of amides is 2. The molecule has 0 bridgehead atoms. The highest BCUT2D eigenvalue weighted by molar-refractivity contribution is 7.13. The zero-order valence-electron chi connectivity index (χ0n) is 11.5. The highest BCUT2D eigenvalue weighted by atomic mass is 32.1. The Bertz CT molecular complexity index is 728. The topological polar surface area (TPSA) is 80.3 Å². The van der Waals surface area contributed by atoms with Gasteiger partial charge in [0.1, 0.15) is 5.75 Å². The van der Waals surface area contributed by atoms with Crippen molar-refractivity contribution in [2.45, 2.75) is 19.4 Å². The molecule has 2 amide bonds. The quantitative estimate of drug-likeness (QED) is 0.833. The predicted molar refractivity (Wildman–Crippen MR) is 79.6 cm³/mol. The molecule has 21 heavy (non-hydrogen) atoms. The maximum Gasteiger partial charge on any atom is 0.280 e. The van der Waals surface area contributed by atoms with Gasteiger partial charge in [-0.15, -0.1) is 11.3 Å². The summed E-state index contributed by atoms with van der Waals surface area (Å²) in [6.07, 6.45) is 0. The summed E-state index contributed by atoms with van der Waals surface area (Å²) in [4.78, 5) is 28.7. The molecule has 7 heteroatoms. The Morgan fingerprint density at radius 1 is 1.43 bits per heavy atom. The molecule has 3 rings (SSSR count). The number of anilines is 2. The molecule has 108 valence electrons. The first-order valence-corrected chi connectivity index (χ1v) is 7.20. The van der Waals surface area contributed by atoms with E-state index in [2.05, 4.69) is 15.6 Å². The van der Waals surface area contributed by atoms with Crippen molar-refractivity contribution in [2.24, 2.45) is 0 Å². The lowest BCUT2D eigenvalue weighted by Crippen LogP contribution is -2.56. The molecule has 6 nitrogen and oxygen atoms in total. The highest BCUT2D eigenvalue weighted by Crippen LogP contribution is 2.33. The Morgan fingerprint density at radius 3 is 2.90 bits per heavy atom. The number of hydrogen-bond acceptors (Lipinski definition) is 5. The fraction of sp³-hybridized carbons (Fsp3) is 0.214. The van der Waals surface area contributed by atoms with Crippen LogP contribution in [0.25, 0.3) is 0 Å². The van der Waals surface area contributed by atoms with Gasteiger partial charge in [0.15, 0.2) is 5.13 Å². The van der Waals surface area contributed by atoms with E-state index < -0.39 is 17.4 Å². The maximum atomic E-state index is 12.4. The maximum absolute atomic E-state index is 12.4. The van der Waals surface area contributed by atoms with Gasteiger partial charge in [-0.2, -0.15) is 0 Å². The number of nitrogens with zero attached hydrogens (tertiary/aromatic N) is 1. The Labute approximate surface area is 125 Å². The molecule has 0 saturated carbocycles. The third kappa shape index (κ3) is 2.36. The number of thiazole rings is 1. The van der Waals surface area contributed by atoms with Gasteiger partial charge in [0.2, 0.25) is 0 Å². The van der Waals surface area contributed by atoms with E-state index in [-0.39, 0.29) is 0 Å². The summed E-state index contributed by atoms with van der Waals surface area (Å²) in [5, 5.41) is 7.55. The number of ether oxygens (including phenoxy) is 1. The van der Waals surface area contributed by atoms with Crippen LogP contribution in [0.4, 0.5) is 10.8 Å². The minimum absolute atomic E-state index is 0.439. The van der Waals surface area contributed by atoms with Gasteiger partial charge in [0.25, 0.3) is 17.4 Å². The second kappa shape index (κ2) is 4.85. The molecule has 0 unspecified atom stereocenters. The monoisotopic (exact) mass is 303 g/mol. The molecule has 2 heterocycles. The SMILES string of the molecule is Cc1csc(NC(=O)[C@]2(C)Oc3ccccc3NC2=O)n1. The van der Waals surface area contributed by atoms with Crippen LogP contribution < -0.4 is 15.4 Å². The molecule has 0 radical (unpaired) electrons. The van der Waals surface area contributed by atoms with Gasteiger partial charge in [0, 0.05) is 5.38 Å². The van der Waals surface area contributed by atoms with Crippen molar-refractivity contribution >= 4 is 34.0 Å². The molecule has 0 spiro atoms. The highest BCUT2D eigenvalue weighted by Gasteiger charge is 2.47. The van der Waals surface area contributed by atoms with Crippen molar-refractivity contribution < 1.29 is 14.3 Å². The zero-order chi connectivity index (χ0) is 15.0. The summed E-state index contributed by atoms with van der Waals surface area (Å²) in [6, 6.07) is 6.98. The second-order valence-corrected chi connectivity index (χ2v) is 5.69. The molecule has 1 aromatic heterocycles. The molecular formula is C14H13N3O3S. The van der Waals surface area contributed by atoms with E-state index in [0.717, 1.165) is 5.69 Å². The zero-order valence-corrected chi connectivity index (χ0v) is 12.3. The summed E-state index contributed by atoms with van der Waals surface area (Å²) < 4.78 is 5.63. The van der Waals surface area contributed by atoms with Crippen molar-refractivity contribution in [1.29, 1.82) is 0 Å². The largest absolute Gasteiger partial charge is 0.466 e. The fourth-order valence-electron chi connectivity index (χ4n) is 1.94. The van der Waals surface area contributed by atoms with Gasteiger partial charge in [-0.25, -0.2) is 4.98 Å². The fourth-order valence-corrected chi connectivity index (χ4v) is 2.63. The normalized spacial score (nSPS) is 20.2. The molecule has 2 N–H and O–H groups in total. The van der Waals surface area contributed by atoms with Crippen LogP contribution in [0.15, 0.2) is 29.6 Å². The Morgan fingerprint density at radius 2 is 2.19 bits per heavy atom. The van der Waals surface area contributed by atoms with Crippen LogP contribution in [0, 0.1) is 6.92 Å². The van der Waals surface area contributed by atoms with Gasteiger partial charge in [-0.1, -0.05) is 12.1 Å². The van der Waals surface area contributed by atoms with Gasteiger partial charge in [0.05, 0.1) is 11.4 Å². The van der Waals surface area contributed by atoms with Crippen LogP contribution in [0.3, 0.4) is 0 Å². The van der Waals surface area contributed by atoms with E-state index in [1.807, 2.05) is 12.3 Å². The standard InChI is InChI=1S/C14H13N3O3S/c1-8-7-21-13(15-8)17-12(19)14(2)11(18)16-9-5-3-4-6-10(9)20-14/h3-7H,1-2H3,(H,16,18)(H,15,17,19)/t14-/m1/s1. The molecular weight excluding hydrogens is 290 g/mol. The van der Waals surface area contributed by atoms with Gasteiger partial charge < -0.3 is 10.1 Å². The third-order valence-electron chi connectivity index (χ3n) is 3.16. The average Bonchev–Trinajstić information content (AvgIpc) is 2.85. The third-order valence-corrected chi connectivity index (χ3v) is 4.03. The van der Waals surface area contributed by atoms with Crippen LogP contribution in [-0.4, -0.2) is 22.4 Å². The van der Waals surface area contributed by atoms with Crippen molar-refractivity contribution in [2.75, 3.05) is 10.6 Å². The first kappa shape index (κ1) is 13.6. The predicted octanol–water partition coefficient (Wildman–Crippen LogP) is 2.18. The van der Waals surface area contributed by atoms with Crippen LogP contribution in [0.5, 0.6) is 5.75 Å². The summed E-state index contributed by atoms with van der Waals surface area (Å²) in [5.41, 5.74) is -0.272. The number of hydrogen-bond donors (Lipinski definition) is 2. The Balaban J connectivity index is 1.86. The summed E-state index contributed by atoms with van der Waals surface area (Å²) >= 11 is 1.30. The molecule has 1 aliphatic rings. The average molecular weight is 303 g/mol. The number of benzene rings is 1. The van der Waals surface area contributed by atoms with Crippen LogP contribution in [0.2, 0.25) is 0 Å².